The predicted molar refractivity (Wildman–Crippen MR) is 115 cm³/mol. The van der Waals surface area contributed by atoms with Crippen molar-refractivity contribution < 1.29 is 13.9 Å². The van der Waals surface area contributed by atoms with Crippen LogP contribution in [0.1, 0.15) is 41.0 Å². The number of carbonyl (C=O) groups is 1. The number of rotatable bonds is 4. The highest BCUT2D eigenvalue weighted by Crippen LogP contribution is 2.29. The number of piperidine rings is 1. The Balaban J connectivity index is 1.86. The summed E-state index contributed by atoms with van der Waals surface area (Å²) in [4.78, 5) is 19.7. The first-order valence-corrected chi connectivity index (χ1v) is 10.3. The van der Waals surface area contributed by atoms with Crippen molar-refractivity contribution in [2.75, 3.05) is 20.2 Å². The van der Waals surface area contributed by atoms with Crippen LogP contribution >= 0.6 is 0 Å². The van der Waals surface area contributed by atoms with E-state index in [2.05, 4.69) is 4.98 Å². The standard InChI is InChI=1S/C24H23FN4O2/c1-16-22(24(30)28-12-4-3-5-13-28)27-23(17-6-7-18(15-26)21(25)14-17)29(16)19-8-10-20(31-2)11-9-19/h6-11,14H,3-5,12-13H2,1-2H3. The lowest BCUT2D eigenvalue weighted by molar-refractivity contribution is 0.0718. The minimum Gasteiger partial charge on any atom is -0.497 e. The molecule has 1 saturated heterocycles. The molecule has 0 radical (unpaired) electrons. The second kappa shape index (κ2) is 8.60. The van der Waals surface area contributed by atoms with Gasteiger partial charge >= 0.3 is 0 Å². The number of hydrogen-bond acceptors (Lipinski definition) is 4. The van der Waals surface area contributed by atoms with E-state index in [9.17, 15) is 9.18 Å². The predicted octanol–water partition coefficient (Wildman–Crippen LogP) is 4.49. The Bertz CT molecular complexity index is 1160. The van der Waals surface area contributed by atoms with Crippen molar-refractivity contribution in [3.05, 3.63) is 65.2 Å². The van der Waals surface area contributed by atoms with E-state index in [0.29, 0.717) is 41.6 Å². The largest absolute Gasteiger partial charge is 0.497 e. The zero-order valence-electron chi connectivity index (χ0n) is 17.6. The molecule has 0 N–H and O–H groups in total. The fourth-order valence-electron chi connectivity index (χ4n) is 3.94. The fourth-order valence-corrected chi connectivity index (χ4v) is 3.94. The van der Waals surface area contributed by atoms with Crippen LogP contribution in [0.5, 0.6) is 5.75 Å². The lowest BCUT2D eigenvalue weighted by Gasteiger charge is -2.26. The summed E-state index contributed by atoms with van der Waals surface area (Å²) in [5.74, 6) is 0.425. The van der Waals surface area contributed by atoms with Gasteiger partial charge in [-0.3, -0.25) is 9.36 Å². The smallest absolute Gasteiger partial charge is 0.274 e. The Morgan fingerprint density at radius 2 is 1.84 bits per heavy atom. The van der Waals surface area contributed by atoms with Crippen molar-refractivity contribution in [2.24, 2.45) is 0 Å². The van der Waals surface area contributed by atoms with Gasteiger partial charge in [0.15, 0.2) is 0 Å². The van der Waals surface area contributed by atoms with Crippen LogP contribution < -0.4 is 4.74 Å². The summed E-state index contributed by atoms with van der Waals surface area (Å²) in [7, 11) is 1.60. The molecule has 2 aromatic carbocycles. The molecular weight excluding hydrogens is 395 g/mol. The van der Waals surface area contributed by atoms with E-state index in [4.69, 9.17) is 10.00 Å². The third kappa shape index (κ3) is 3.89. The summed E-state index contributed by atoms with van der Waals surface area (Å²) >= 11 is 0. The zero-order valence-corrected chi connectivity index (χ0v) is 17.6. The maximum absolute atomic E-state index is 14.4. The highest BCUT2D eigenvalue weighted by atomic mass is 19.1. The van der Waals surface area contributed by atoms with Crippen LogP contribution in [-0.2, 0) is 0 Å². The van der Waals surface area contributed by atoms with Gasteiger partial charge in [-0.15, -0.1) is 0 Å². The minimum absolute atomic E-state index is 0.0346. The molecule has 0 bridgehead atoms. The number of nitrogens with zero attached hydrogens (tertiary/aromatic N) is 4. The molecular formula is C24H23FN4O2. The monoisotopic (exact) mass is 418 g/mol. The lowest BCUT2D eigenvalue weighted by Crippen LogP contribution is -2.36. The van der Waals surface area contributed by atoms with Gasteiger partial charge < -0.3 is 9.64 Å². The zero-order chi connectivity index (χ0) is 22.0. The number of imidazole rings is 1. The molecule has 2 heterocycles. The average molecular weight is 418 g/mol. The van der Waals surface area contributed by atoms with Crippen LogP contribution in [0.3, 0.4) is 0 Å². The van der Waals surface area contributed by atoms with Gasteiger partial charge in [0.05, 0.1) is 18.4 Å². The number of aromatic nitrogens is 2. The van der Waals surface area contributed by atoms with E-state index in [0.717, 1.165) is 24.9 Å². The van der Waals surface area contributed by atoms with Crippen LogP contribution in [0.4, 0.5) is 4.39 Å². The molecule has 3 aromatic rings. The molecule has 7 heteroatoms. The minimum atomic E-state index is -0.620. The highest BCUT2D eigenvalue weighted by Gasteiger charge is 2.26. The maximum atomic E-state index is 14.4. The number of halogens is 1. The van der Waals surface area contributed by atoms with Crippen molar-refractivity contribution in [3.63, 3.8) is 0 Å². The van der Waals surface area contributed by atoms with Gasteiger partial charge in [-0.1, -0.05) is 0 Å². The number of methoxy groups -OCH3 is 1. The van der Waals surface area contributed by atoms with Crippen LogP contribution in [0.15, 0.2) is 42.5 Å². The van der Waals surface area contributed by atoms with E-state index in [1.165, 1.54) is 12.1 Å². The molecule has 1 amide bonds. The fraction of sp³-hybridized carbons (Fsp3) is 0.292. The summed E-state index contributed by atoms with van der Waals surface area (Å²) < 4.78 is 21.5. The summed E-state index contributed by atoms with van der Waals surface area (Å²) in [5, 5.41) is 9.05. The Morgan fingerprint density at radius 3 is 2.45 bits per heavy atom. The first-order valence-electron chi connectivity index (χ1n) is 10.3. The van der Waals surface area contributed by atoms with Crippen molar-refractivity contribution in [1.29, 1.82) is 5.26 Å². The Hall–Kier alpha value is -3.66. The molecule has 31 heavy (non-hydrogen) atoms. The molecule has 0 atom stereocenters. The molecule has 1 fully saturated rings. The van der Waals surface area contributed by atoms with Crippen LogP contribution in [0, 0.1) is 24.1 Å². The normalized spacial score (nSPS) is 13.7. The number of carbonyl (C=O) groups excluding carboxylic acids is 1. The number of ether oxygens (including phenoxy) is 1. The Kier molecular flexibility index (Phi) is 5.72. The molecule has 158 valence electrons. The molecule has 1 aliphatic heterocycles. The summed E-state index contributed by atoms with van der Waals surface area (Å²) in [6.45, 7) is 3.28. The van der Waals surface area contributed by atoms with Gasteiger partial charge in [0.25, 0.3) is 5.91 Å². The number of hydrogen-bond donors (Lipinski definition) is 0. The van der Waals surface area contributed by atoms with Crippen LogP contribution in [0.25, 0.3) is 17.1 Å². The SMILES string of the molecule is COc1ccc(-n2c(-c3ccc(C#N)c(F)c3)nc(C(=O)N3CCCCC3)c2C)cc1. The van der Waals surface area contributed by atoms with Crippen molar-refractivity contribution in [2.45, 2.75) is 26.2 Å². The number of nitriles is 1. The van der Waals surface area contributed by atoms with E-state index >= 15 is 0 Å². The Labute approximate surface area is 180 Å². The van der Waals surface area contributed by atoms with E-state index < -0.39 is 5.82 Å². The van der Waals surface area contributed by atoms with Gasteiger partial charge in [-0.2, -0.15) is 5.26 Å². The molecule has 4 rings (SSSR count). The van der Waals surface area contributed by atoms with Crippen molar-refractivity contribution in [1.82, 2.24) is 14.5 Å². The maximum Gasteiger partial charge on any atom is 0.274 e. The Morgan fingerprint density at radius 1 is 1.13 bits per heavy atom. The van der Waals surface area contributed by atoms with Gasteiger partial charge in [0.1, 0.15) is 29.2 Å². The van der Waals surface area contributed by atoms with E-state index in [1.54, 1.807) is 13.2 Å². The third-order valence-corrected chi connectivity index (χ3v) is 5.63. The number of likely N-dealkylation sites (tertiary alicyclic amines) is 1. The third-order valence-electron chi connectivity index (χ3n) is 5.63. The summed E-state index contributed by atoms with van der Waals surface area (Å²) in [5.41, 5.74) is 2.28. The van der Waals surface area contributed by atoms with Crippen molar-refractivity contribution >= 4 is 5.91 Å². The molecule has 1 aromatic heterocycles. The molecule has 6 nitrogen and oxygen atoms in total. The average Bonchev–Trinajstić information content (AvgIpc) is 3.16. The topological polar surface area (TPSA) is 71.1 Å². The molecule has 0 saturated carbocycles. The quantitative estimate of drug-likeness (QED) is 0.626. The molecule has 0 spiro atoms. The lowest BCUT2D eigenvalue weighted by atomic mass is 10.1. The van der Waals surface area contributed by atoms with Gasteiger partial charge in [0, 0.05) is 24.3 Å². The van der Waals surface area contributed by atoms with Crippen LogP contribution in [0.2, 0.25) is 0 Å². The first-order chi connectivity index (χ1) is 15.0. The van der Waals surface area contributed by atoms with Gasteiger partial charge in [0.2, 0.25) is 0 Å². The van der Waals surface area contributed by atoms with Gasteiger partial charge in [-0.05, 0) is 68.7 Å². The van der Waals surface area contributed by atoms with E-state index in [-0.39, 0.29) is 11.5 Å². The number of benzene rings is 2. The summed E-state index contributed by atoms with van der Waals surface area (Å²) in [6, 6.07) is 13.6. The first kappa shape index (κ1) is 20.6. The van der Waals surface area contributed by atoms with Crippen LogP contribution in [-0.4, -0.2) is 40.6 Å². The highest BCUT2D eigenvalue weighted by molar-refractivity contribution is 5.94. The van der Waals surface area contributed by atoms with E-state index in [1.807, 2.05) is 46.7 Å². The second-order valence-electron chi connectivity index (χ2n) is 7.56. The van der Waals surface area contributed by atoms with Gasteiger partial charge in [-0.25, -0.2) is 9.37 Å². The molecule has 0 unspecified atom stereocenters. The molecule has 0 aliphatic carbocycles. The van der Waals surface area contributed by atoms with Crippen molar-refractivity contribution in [3.8, 4) is 28.9 Å². The summed E-state index contributed by atoms with van der Waals surface area (Å²) in [6.07, 6.45) is 3.09. The molecule has 1 aliphatic rings. The second-order valence-corrected chi connectivity index (χ2v) is 7.56. The number of amides is 1.